The molecule has 0 saturated carbocycles. The van der Waals surface area contributed by atoms with Crippen LogP contribution in [0.4, 0.5) is 0 Å². The number of thioether (sulfide) groups is 1. The predicted molar refractivity (Wildman–Crippen MR) is 110 cm³/mol. The third-order valence-electron chi connectivity index (χ3n) is 4.15. The Morgan fingerprint density at radius 3 is 2.43 bits per heavy atom. The number of esters is 1. The van der Waals surface area contributed by atoms with E-state index < -0.39 is 24.5 Å². The Hall–Kier alpha value is -2.60. The van der Waals surface area contributed by atoms with Crippen LogP contribution in [0.25, 0.3) is 0 Å². The van der Waals surface area contributed by atoms with Crippen molar-refractivity contribution in [3.8, 4) is 0 Å². The molecule has 5 nitrogen and oxygen atoms in total. The molecule has 2 rings (SSSR count). The summed E-state index contributed by atoms with van der Waals surface area (Å²) in [5.41, 5.74) is 3.21. The van der Waals surface area contributed by atoms with Crippen molar-refractivity contribution in [2.75, 3.05) is 12.4 Å². The highest BCUT2D eigenvalue weighted by Gasteiger charge is 2.18. The minimum absolute atomic E-state index is 0.122. The van der Waals surface area contributed by atoms with Gasteiger partial charge in [-0.05, 0) is 44.4 Å². The molecule has 0 saturated heterocycles. The molecule has 148 valence electrons. The molecule has 6 heteroatoms. The van der Waals surface area contributed by atoms with Gasteiger partial charge < -0.3 is 10.1 Å². The molecule has 0 spiro atoms. The second-order valence-electron chi connectivity index (χ2n) is 6.64. The van der Waals surface area contributed by atoms with E-state index in [2.05, 4.69) is 11.4 Å². The number of benzene rings is 2. The normalized spacial score (nSPS) is 11.5. The molecule has 0 unspecified atom stereocenters. The Labute approximate surface area is 169 Å². The zero-order valence-electron chi connectivity index (χ0n) is 16.4. The molecule has 0 aromatic heterocycles. The molecule has 28 heavy (non-hydrogen) atoms. The van der Waals surface area contributed by atoms with Gasteiger partial charge >= 0.3 is 5.97 Å². The Morgan fingerprint density at radius 1 is 1.07 bits per heavy atom. The second-order valence-corrected chi connectivity index (χ2v) is 7.66. The van der Waals surface area contributed by atoms with E-state index in [0.717, 1.165) is 21.6 Å². The number of carbonyl (C=O) groups excluding carboxylic acids is 3. The first-order valence-electron chi connectivity index (χ1n) is 9.04. The summed E-state index contributed by atoms with van der Waals surface area (Å²) in [7, 11) is 0. The lowest BCUT2D eigenvalue weighted by atomic mass is 10.0. The Bertz CT molecular complexity index is 836. The lowest BCUT2D eigenvalue weighted by molar-refractivity contribution is -0.146. The second kappa shape index (κ2) is 10.7. The zero-order chi connectivity index (χ0) is 20.5. The topological polar surface area (TPSA) is 72.5 Å². The number of ketones is 1. The van der Waals surface area contributed by atoms with Gasteiger partial charge in [0, 0.05) is 4.90 Å². The molecule has 0 aliphatic rings. The first-order valence-corrected chi connectivity index (χ1v) is 10.0. The highest BCUT2D eigenvalue weighted by Crippen LogP contribution is 2.23. The summed E-state index contributed by atoms with van der Waals surface area (Å²) < 4.78 is 5.04. The molecular weight excluding hydrogens is 374 g/mol. The van der Waals surface area contributed by atoms with Gasteiger partial charge in [-0.25, -0.2) is 0 Å². The van der Waals surface area contributed by atoms with Crippen molar-refractivity contribution in [1.82, 2.24) is 5.32 Å². The smallest absolute Gasteiger partial charge is 0.316 e. The fourth-order valence-electron chi connectivity index (χ4n) is 2.67. The van der Waals surface area contributed by atoms with Crippen LogP contribution >= 0.6 is 11.8 Å². The van der Waals surface area contributed by atoms with E-state index in [0.29, 0.717) is 6.42 Å². The average molecular weight is 400 g/mol. The number of Topliss-reactive ketones (excluding diaryl/α,β-unsaturated/α-hetero) is 1. The summed E-state index contributed by atoms with van der Waals surface area (Å²) in [4.78, 5) is 36.8. The van der Waals surface area contributed by atoms with Gasteiger partial charge in [-0.15, -0.1) is 11.8 Å². The number of ether oxygens (including phenoxy) is 1. The Balaban J connectivity index is 1.78. The van der Waals surface area contributed by atoms with E-state index in [1.807, 2.05) is 56.3 Å². The van der Waals surface area contributed by atoms with Crippen molar-refractivity contribution in [3.63, 3.8) is 0 Å². The molecule has 2 aromatic rings. The third kappa shape index (κ3) is 7.19. The molecule has 0 bridgehead atoms. The zero-order valence-corrected chi connectivity index (χ0v) is 17.2. The highest BCUT2D eigenvalue weighted by atomic mass is 32.2. The number of amides is 1. The maximum Gasteiger partial charge on any atom is 0.316 e. The van der Waals surface area contributed by atoms with Gasteiger partial charge in [0.25, 0.3) is 5.91 Å². The summed E-state index contributed by atoms with van der Waals surface area (Å²) in [5, 5.41) is 2.64. The fraction of sp³-hybridized carbons (Fsp3) is 0.318. The maximum atomic E-state index is 12.1. The number of nitrogens with one attached hydrogen (secondary N) is 1. The Kier molecular flexibility index (Phi) is 8.26. The van der Waals surface area contributed by atoms with Gasteiger partial charge in [0.15, 0.2) is 12.4 Å². The Morgan fingerprint density at radius 2 is 1.79 bits per heavy atom. The summed E-state index contributed by atoms with van der Waals surface area (Å²) >= 11 is 1.38. The van der Waals surface area contributed by atoms with Crippen LogP contribution in [0.2, 0.25) is 0 Å². The quantitative estimate of drug-likeness (QED) is 0.518. The molecule has 0 heterocycles. The summed E-state index contributed by atoms with van der Waals surface area (Å²) in [5.74, 6) is -0.977. The molecule has 0 aliphatic heterocycles. The van der Waals surface area contributed by atoms with Crippen molar-refractivity contribution in [1.29, 1.82) is 0 Å². The van der Waals surface area contributed by atoms with Crippen LogP contribution in [0, 0.1) is 13.8 Å². The van der Waals surface area contributed by atoms with Crippen LogP contribution in [0.15, 0.2) is 53.4 Å². The van der Waals surface area contributed by atoms with Gasteiger partial charge in [0.2, 0.25) is 0 Å². The summed E-state index contributed by atoms with van der Waals surface area (Å²) in [6.45, 7) is 5.04. The van der Waals surface area contributed by atoms with Crippen LogP contribution in [0.3, 0.4) is 0 Å². The summed E-state index contributed by atoms with van der Waals surface area (Å²) in [6, 6.07) is 14.8. The number of hydrogen-bond acceptors (Lipinski definition) is 5. The molecule has 0 aliphatic carbocycles. The molecule has 0 fully saturated rings. The van der Waals surface area contributed by atoms with Crippen molar-refractivity contribution < 1.29 is 19.1 Å². The van der Waals surface area contributed by atoms with Gasteiger partial charge in [0.05, 0.1) is 11.8 Å². The maximum absolute atomic E-state index is 12.1. The first-order chi connectivity index (χ1) is 13.3. The minimum atomic E-state index is -0.641. The van der Waals surface area contributed by atoms with Crippen LogP contribution in [0.5, 0.6) is 0 Å². The van der Waals surface area contributed by atoms with Crippen LogP contribution in [0.1, 0.15) is 23.6 Å². The first kappa shape index (κ1) is 21.7. The molecule has 1 N–H and O–H groups in total. The molecule has 2 aromatic carbocycles. The van der Waals surface area contributed by atoms with E-state index in [1.165, 1.54) is 18.7 Å². The van der Waals surface area contributed by atoms with Crippen molar-refractivity contribution in [2.24, 2.45) is 0 Å². The average Bonchev–Trinajstić information content (AvgIpc) is 2.66. The lowest BCUT2D eigenvalue weighted by Gasteiger charge is -2.16. The predicted octanol–water partition coefficient (Wildman–Crippen LogP) is 3.26. The number of carbonyl (C=O) groups is 3. The van der Waals surface area contributed by atoms with E-state index in [1.54, 1.807) is 0 Å². The number of aryl methyl sites for hydroxylation is 2. The fourth-order valence-corrected chi connectivity index (χ4v) is 3.48. The SMILES string of the molecule is CC(=O)[C@@H](Cc1ccccc1)NC(=O)COC(=O)CSc1ccc(C)cc1C. The largest absolute Gasteiger partial charge is 0.455 e. The van der Waals surface area contributed by atoms with Gasteiger partial charge in [-0.2, -0.15) is 0 Å². The molecule has 1 atom stereocenters. The summed E-state index contributed by atoms with van der Waals surface area (Å²) in [6.07, 6.45) is 0.401. The van der Waals surface area contributed by atoms with Crippen molar-refractivity contribution in [2.45, 2.75) is 38.1 Å². The monoisotopic (exact) mass is 399 g/mol. The van der Waals surface area contributed by atoms with Crippen LogP contribution in [-0.4, -0.2) is 36.1 Å². The third-order valence-corrected chi connectivity index (χ3v) is 5.30. The minimum Gasteiger partial charge on any atom is -0.455 e. The van der Waals surface area contributed by atoms with E-state index in [9.17, 15) is 14.4 Å². The number of hydrogen-bond donors (Lipinski definition) is 1. The highest BCUT2D eigenvalue weighted by molar-refractivity contribution is 8.00. The van der Waals surface area contributed by atoms with Gasteiger partial charge in [-0.1, -0.05) is 48.0 Å². The van der Waals surface area contributed by atoms with E-state index >= 15 is 0 Å². The lowest BCUT2D eigenvalue weighted by Crippen LogP contribution is -2.43. The van der Waals surface area contributed by atoms with Crippen molar-refractivity contribution in [3.05, 3.63) is 65.2 Å². The number of rotatable bonds is 9. The van der Waals surface area contributed by atoms with Gasteiger partial charge in [-0.3, -0.25) is 14.4 Å². The molecular formula is C22H25NO4S. The van der Waals surface area contributed by atoms with E-state index in [4.69, 9.17) is 4.74 Å². The van der Waals surface area contributed by atoms with Gasteiger partial charge in [0.1, 0.15) is 0 Å². The van der Waals surface area contributed by atoms with Crippen LogP contribution in [-0.2, 0) is 25.5 Å². The molecule has 0 radical (unpaired) electrons. The molecule has 1 amide bonds. The van der Waals surface area contributed by atoms with E-state index in [-0.39, 0.29) is 11.5 Å². The van der Waals surface area contributed by atoms with Crippen LogP contribution < -0.4 is 5.32 Å². The van der Waals surface area contributed by atoms with Crippen molar-refractivity contribution >= 4 is 29.4 Å². The standard InChI is InChI=1S/C22H25NO4S/c1-15-9-10-20(16(2)11-15)28-14-22(26)27-13-21(25)23-19(17(3)24)12-18-7-5-4-6-8-18/h4-11,19H,12-14H2,1-3H3,(H,23,25)/t19-/m1/s1.